The van der Waals surface area contributed by atoms with Gasteiger partial charge in [-0.1, -0.05) is 32.1 Å². The Hall–Kier alpha value is -1.83. The average Bonchev–Trinajstić information content (AvgIpc) is 2.76. The van der Waals surface area contributed by atoms with E-state index in [0.29, 0.717) is 12.1 Å². The second kappa shape index (κ2) is 7.26. The van der Waals surface area contributed by atoms with Gasteiger partial charge in [-0.15, -0.1) is 0 Å². The molecule has 4 N–H and O–H groups in total. The molecule has 1 atom stereocenters. The fourth-order valence-electron chi connectivity index (χ4n) is 1.84. The Bertz CT molecular complexity index is 544. The van der Waals surface area contributed by atoms with Crippen molar-refractivity contribution >= 4 is 23.3 Å². The molecule has 0 spiro atoms. The van der Waals surface area contributed by atoms with Crippen LogP contribution in [0.3, 0.4) is 0 Å². The molecule has 1 unspecified atom stereocenters. The number of nitrogens with one attached hydrogen (secondary N) is 3. The van der Waals surface area contributed by atoms with E-state index in [1.165, 1.54) is 0 Å². The molecule has 0 saturated carbocycles. The molecule has 0 aromatic carbocycles. The fourth-order valence-corrected chi connectivity index (χ4v) is 2.42. The topological polar surface area (TPSA) is 111 Å². The van der Waals surface area contributed by atoms with Crippen LogP contribution in [0.1, 0.15) is 32.9 Å². The van der Waals surface area contributed by atoms with Crippen molar-refractivity contribution in [3.8, 4) is 0 Å². The lowest BCUT2D eigenvalue weighted by Crippen LogP contribution is -2.40. The number of hydrogen-bond donors (Lipinski definition) is 4. The Labute approximate surface area is 126 Å². The van der Waals surface area contributed by atoms with E-state index in [9.17, 15) is 14.4 Å². The first-order valence-electron chi connectivity index (χ1n) is 6.58. The van der Waals surface area contributed by atoms with E-state index < -0.39 is 17.9 Å². The lowest BCUT2D eigenvalue weighted by Gasteiger charge is -2.23. The molecule has 1 aromatic rings. The van der Waals surface area contributed by atoms with Gasteiger partial charge in [0.05, 0.1) is 12.5 Å². The van der Waals surface area contributed by atoms with Crippen LogP contribution in [0.5, 0.6) is 0 Å². The maximum absolute atomic E-state index is 11.6. The summed E-state index contributed by atoms with van der Waals surface area (Å²) in [5.41, 5.74) is 0.488. The second-order valence-electron chi connectivity index (χ2n) is 6.04. The van der Waals surface area contributed by atoms with Crippen molar-refractivity contribution in [1.29, 1.82) is 0 Å². The summed E-state index contributed by atoms with van der Waals surface area (Å²) in [6.07, 6.45) is 0.473. The van der Waals surface area contributed by atoms with Gasteiger partial charge in [0, 0.05) is 17.6 Å². The zero-order valence-electron chi connectivity index (χ0n) is 12.4. The summed E-state index contributed by atoms with van der Waals surface area (Å²) in [5, 5.41) is 15.9. The highest BCUT2D eigenvalue weighted by Crippen LogP contribution is 2.24. The molecule has 0 saturated heterocycles. The summed E-state index contributed by atoms with van der Waals surface area (Å²) >= 11 is 1.02. The zero-order chi connectivity index (χ0) is 16.0. The number of H-pyrrole nitrogens is 1. The number of aromatic nitrogens is 1. The molecule has 0 fully saturated rings. The highest BCUT2D eigenvalue weighted by Gasteiger charge is 2.24. The van der Waals surface area contributed by atoms with E-state index >= 15 is 0 Å². The molecule has 1 heterocycles. The Morgan fingerprint density at radius 3 is 2.52 bits per heavy atom. The summed E-state index contributed by atoms with van der Waals surface area (Å²) in [7, 11) is 0. The summed E-state index contributed by atoms with van der Waals surface area (Å²) in [6, 6.07) is -0.456. The number of aliphatic carboxylic acids is 1. The highest BCUT2D eigenvalue weighted by molar-refractivity contribution is 7.07. The Morgan fingerprint density at radius 1 is 1.38 bits per heavy atom. The van der Waals surface area contributed by atoms with Crippen LogP contribution >= 0.6 is 11.3 Å². The first-order valence-corrected chi connectivity index (χ1v) is 7.46. The van der Waals surface area contributed by atoms with Crippen molar-refractivity contribution in [2.24, 2.45) is 11.3 Å². The van der Waals surface area contributed by atoms with Crippen LogP contribution in [0, 0.1) is 11.3 Å². The Balaban J connectivity index is 2.39. The molecule has 0 aliphatic rings. The lowest BCUT2D eigenvalue weighted by molar-refractivity contribution is -0.142. The zero-order valence-corrected chi connectivity index (χ0v) is 13.2. The third kappa shape index (κ3) is 6.94. The summed E-state index contributed by atoms with van der Waals surface area (Å²) in [4.78, 5) is 36.1. The number of urea groups is 1. The molecule has 0 radical (unpaired) electrons. The molecule has 118 valence electrons. The minimum atomic E-state index is -0.924. The number of aromatic amines is 1. The molecule has 7 nitrogen and oxygen atoms in total. The number of rotatable bonds is 6. The summed E-state index contributed by atoms with van der Waals surface area (Å²) in [5.74, 6) is -1.55. The molecule has 1 aromatic heterocycles. The predicted molar refractivity (Wildman–Crippen MR) is 80.4 cm³/mol. The normalized spacial score (nSPS) is 12.7. The molecule has 2 amide bonds. The number of hydrogen-bond acceptors (Lipinski definition) is 4. The largest absolute Gasteiger partial charge is 0.481 e. The van der Waals surface area contributed by atoms with Crippen molar-refractivity contribution in [1.82, 2.24) is 15.6 Å². The number of carbonyl (C=O) groups excluding carboxylic acids is 1. The lowest BCUT2D eigenvalue weighted by atomic mass is 9.84. The van der Waals surface area contributed by atoms with Gasteiger partial charge < -0.3 is 20.7 Å². The number of carboxylic acid groups (broad SMARTS) is 1. The molecule has 0 aliphatic carbocycles. The first-order chi connectivity index (χ1) is 9.67. The van der Waals surface area contributed by atoms with E-state index in [2.05, 4.69) is 15.6 Å². The van der Waals surface area contributed by atoms with Gasteiger partial charge in [0.15, 0.2) is 0 Å². The highest BCUT2D eigenvalue weighted by atomic mass is 32.1. The van der Waals surface area contributed by atoms with E-state index in [4.69, 9.17) is 5.11 Å². The molecule has 21 heavy (non-hydrogen) atoms. The van der Waals surface area contributed by atoms with Crippen LogP contribution in [-0.2, 0) is 11.3 Å². The number of amides is 2. The van der Waals surface area contributed by atoms with Crippen molar-refractivity contribution in [2.75, 3.05) is 6.54 Å². The van der Waals surface area contributed by atoms with Crippen LogP contribution in [0.4, 0.5) is 4.79 Å². The fraction of sp³-hybridized carbons (Fsp3) is 0.615. The maximum atomic E-state index is 11.6. The van der Waals surface area contributed by atoms with Crippen LogP contribution in [0.25, 0.3) is 0 Å². The maximum Gasteiger partial charge on any atom is 0.315 e. The Kier molecular flexibility index (Phi) is 5.95. The van der Waals surface area contributed by atoms with Gasteiger partial charge in [0.1, 0.15) is 0 Å². The third-order valence-corrected chi connectivity index (χ3v) is 3.45. The predicted octanol–water partition coefficient (Wildman–Crippen LogP) is 1.37. The molecular formula is C13H21N3O4S. The number of carboxylic acids is 1. The van der Waals surface area contributed by atoms with Gasteiger partial charge in [0.2, 0.25) is 0 Å². The van der Waals surface area contributed by atoms with Crippen LogP contribution in [0.2, 0.25) is 0 Å². The monoisotopic (exact) mass is 315 g/mol. The average molecular weight is 315 g/mol. The van der Waals surface area contributed by atoms with Crippen molar-refractivity contribution in [2.45, 2.75) is 33.7 Å². The van der Waals surface area contributed by atoms with E-state index in [1.54, 1.807) is 5.38 Å². The molecule has 0 aliphatic heterocycles. The van der Waals surface area contributed by atoms with Gasteiger partial charge in [-0.2, -0.15) is 0 Å². The van der Waals surface area contributed by atoms with Crippen LogP contribution in [-0.4, -0.2) is 28.6 Å². The number of carbonyl (C=O) groups is 2. The molecular weight excluding hydrogens is 294 g/mol. The smallest absolute Gasteiger partial charge is 0.315 e. The van der Waals surface area contributed by atoms with Gasteiger partial charge in [-0.25, -0.2) is 4.79 Å². The standard InChI is InChI=1S/C13H21N3O4S/c1-13(2,3)4-8(10(17)18)5-14-11(19)15-6-9-7-21-12(20)16-9/h7-8H,4-6H2,1-3H3,(H,16,20)(H,17,18)(H2,14,15,19). The first kappa shape index (κ1) is 17.2. The quantitative estimate of drug-likeness (QED) is 0.635. The van der Waals surface area contributed by atoms with E-state index in [1.807, 2.05) is 20.8 Å². The minimum absolute atomic E-state index is 0.0680. The van der Waals surface area contributed by atoms with Crippen molar-refractivity contribution in [3.63, 3.8) is 0 Å². The molecule has 1 rings (SSSR count). The van der Waals surface area contributed by atoms with Crippen molar-refractivity contribution in [3.05, 3.63) is 20.7 Å². The van der Waals surface area contributed by atoms with E-state index in [-0.39, 0.29) is 23.4 Å². The van der Waals surface area contributed by atoms with Crippen molar-refractivity contribution < 1.29 is 14.7 Å². The third-order valence-electron chi connectivity index (χ3n) is 2.73. The number of thiazole rings is 1. The SMILES string of the molecule is CC(C)(C)CC(CNC(=O)NCc1csc(=O)[nH]1)C(=O)O. The Morgan fingerprint density at radius 2 is 2.05 bits per heavy atom. The van der Waals surface area contributed by atoms with E-state index in [0.717, 1.165) is 11.3 Å². The summed E-state index contributed by atoms with van der Waals surface area (Å²) < 4.78 is 0. The van der Waals surface area contributed by atoms with Crippen LogP contribution < -0.4 is 15.5 Å². The summed E-state index contributed by atoms with van der Waals surface area (Å²) in [6.45, 7) is 6.13. The molecule has 8 heteroatoms. The van der Waals surface area contributed by atoms with Gasteiger partial charge in [-0.05, 0) is 11.8 Å². The van der Waals surface area contributed by atoms with Crippen LogP contribution in [0.15, 0.2) is 10.2 Å². The molecule has 0 bridgehead atoms. The minimum Gasteiger partial charge on any atom is -0.481 e. The second-order valence-corrected chi connectivity index (χ2v) is 6.88. The van der Waals surface area contributed by atoms with Gasteiger partial charge in [0.25, 0.3) is 0 Å². The van der Waals surface area contributed by atoms with Gasteiger partial charge >= 0.3 is 16.9 Å². The van der Waals surface area contributed by atoms with Gasteiger partial charge in [-0.3, -0.25) is 9.59 Å².